The average Bonchev–Trinajstić information content (AvgIpc) is 2.80. The van der Waals surface area contributed by atoms with Crippen LogP contribution in [-0.4, -0.2) is 16.7 Å². The summed E-state index contributed by atoms with van der Waals surface area (Å²) in [6.45, 7) is 0.418. The van der Waals surface area contributed by atoms with Gasteiger partial charge in [0, 0.05) is 16.6 Å². The number of amides is 2. The van der Waals surface area contributed by atoms with Gasteiger partial charge in [0.25, 0.3) is 11.8 Å². The molecule has 0 spiro atoms. The average molecular weight is 396 g/mol. The van der Waals surface area contributed by atoms with Crippen LogP contribution >= 0.6 is 34.8 Å². The van der Waals surface area contributed by atoms with E-state index in [0.29, 0.717) is 16.6 Å². The van der Waals surface area contributed by atoms with Gasteiger partial charge in [-0.3, -0.25) is 14.5 Å². The first-order valence-electron chi connectivity index (χ1n) is 7.45. The highest BCUT2D eigenvalue weighted by Gasteiger charge is 2.37. The van der Waals surface area contributed by atoms with Crippen LogP contribution in [0.3, 0.4) is 0 Å². The van der Waals surface area contributed by atoms with Gasteiger partial charge < -0.3 is 5.32 Å². The summed E-state index contributed by atoms with van der Waals surface area (Å²) in [5.74, 6) is -0.986. The van der Waals surface area contributed by atoms with Crippen LogP contribution in [0.25, 0.3) is 0 Å². The molecule has 1 aliphatic rings. The minimum atomic E-state index is -0.525. The van der Waals surface area contributed by atoms with Gasteiger partial charge in [0.05, 0.1) is 6.54 Å². The molecule has 2 aromatic rings. The van der Waals surface area contributed by atoms with E-state index in [9.17, 15) is 9.59 Å². The standard InChI is InChI=1S/C18H13Cl3N2O2/c19-13-7-5-11(6-8-13)10-23-17(24)15(21)16(18(23)25)22-9-12-3-1-2-4-14(12)20/h1-8,22H,9-10H2. The van der Waals surface area contributed by atoms with E-state index in [0.717, 1.165) is 16.0 Å². The van der Waals surface area contributed by atoms with Crippen molar-refractivity contribution in [2.45, 2.75) is 13.1 Å². The maximum atomic E-state index is 12.5. The largest absolute Gasteiger partial charge is 0.375 e. The molecule has 0 atom stereocenters. The number of halogens is 3. The number of benzene rings is 2. The van der Waals surface area contributed by atoms with Gasteiger partial charge in [0.2, 0.25) is 0 Å². The summed E-state index contributed by atoms with van der Waals surface area (Å²) in [5, 5.41) is 3.96. The zero-order chi connectivity index (χ0) is 18.0. The Morgan fingerprint density at radius 1 is 0.880 bits per heavy atom. The number of hydrogen-bond donors (Lipinski definition) is 1. The molecule has 1 N–H and O–H groups in total. The fourth-order valence-corrected chi connectivity index (χ4v) is 3.02. The van der Waals surface area contributed by atoms with E-state index in [2.05, 4.69) is 5.32 Å². The van der Waals surface area contributed by atoms with Gasteiger partial charge in [-0.15, -0.1) is 0 Å². The van der Waals surface area contributed by atoms with Crippen molar-refractivity contribution in [2.24, 2.45) is 0 Å². The molecule has 0 radical (unpaired) electrons. The van der Waals surface area contributed by atoms with E-state index in [4.69, 9.17) is 34.8 Å². The predicted molar refractivity (Wildman–Crippen MR) is 98.2 cm³/mol. The maximum absolute atomic E-state index is 12.5. The topological polar surface area (TPSA) is 49.4 Å². The third kappa shape index (κ3) is 3.82. The number of hydrogen-bond acceptors (Lipinski definition) is 3. The second kappa shape index (κ2) is 7.48. The third-order valence-corrected chi connectivity index (χ3v) is 4.75. The molecular weight excluding hydrogens is 383 g/mol. The minimum absolute atomic E-state index is 0.0838. The van der Waals surface area contributed by atoms with E-state index >= 15 is 0 Å². The van der Waals surface area contributed by atoms with Crippen LogP contribution < -0.4 is 5.32 Å². The van der Waals surface area contributed by atoms with Crippen LogP contribution in [0.1, 0.15) is 11.1 Å². The van der Waals surface area contributed by atoms with Crippen molar-refractivity contribution in [1.82, 2.24) is 10.2 Å². The first-order chi connectivity index (χ1) is 12.0. The van der Waals surface area contributed by atoms with Gasteiger partial charge in [0.1, 0.15) is 10.7 Å². The zero-order valence-corrected chi connectivity index (χ0v) is 15.2. The predicted octanol–water partition coefficient (Wildman–Crippen LogP) is 4.10. The number of imide groups is 1. The molecule has 0 saturated heterocycles. The first-order valence-corrected chi connectivity index (χ1v) is 8.58. The molecule has 1 aliphatic heterocycles. The van der Waals surface area contributed by atoms with Crippen LogP contribution in [0.2, 0.25) is 10.0 Å². The highest BCUT2D eigenvalue weighted by molar-refractivity contribution is 6.47. The highest BCUT2D eigenvalue weighted by Crippen LogP contribution is 2.25. The molecule has 2 amide bonds. The molecule has 0 unspecified atom stereocenters. The molecule has 7 heteroatoms. The lowest BCUT2D eigenvalue weighted by atomic mass is 10.2. The van der Waals surface area contributed by atoms with E-state index in [1.165, 1.54) is 0 Å². The normalized spacial score (nSPS) is 14.4. The van der Waals surface area contributed by atoms with Crippen LogP contribution in [0.15, 0.2) is 59.3 Å². The summed E-state index contributed by atoms with van der Waals surface area (Å²) >= 11 is 18.0. The van der Waals surface area contributed by atoms with Crippen molar-refractivity contribution in [3.63, 3.8) is 0 Å². The summed E-state index contributed by atoms with van der Waals surface area (Å²) < 4.78 is 0. The van der Waals surface area contributed by atoms with E-state index in [1.54, 1.807) is 30.3 Å². The van der Waals surface area contributed by atoms with Gasteiger partial charge in [-0.1, -0.05) is 65.1 Å². The fourth-order valence-electron chi connectivity index (χ4n) is 2.44. The monoisotopic (exact) mass is 394 g/mol. The second-order valence-corrected chi connectivity index (χ2v) is 6.68. The number of carbonyl (C=O) groups is 2. The SMILES string of the molecule is O=C1C(Cl)=C(NCc2ccccc2Cl)C(=O)N1Cc1ccc(Cl)cc1. The molecule has 0 saturated carbocycles. The lowest BCUT2D eigenvalue weighted by Gasteiger charge is -2.15. The Labute approximate surface area is 160 Å². The summed E-state index contributed by atoms with van der Waals surface area (Å²) in [6.07, 6.45) is 0. The fraction of sp³-hybridized carbons (Fsp3) is 0.111. The molecule has 0 bridgehead atoms. The molecule has 2 aromatic carbocycles. The quantitative estimate of drug-likeness (QED) is 0.775. The number of rotatable bonds is 5. The molecular formula is C18H13Cl3N2O2. The lowest BCUT2D eigenvalue weighted by molar-refractivity contribution is -0.138. The van der Waals surface area contributed by atoms with Crippen molar-refractivity contribution in [2.75, 3.05) is 0 Å². The van der Waals surface area contributed by atoms with Gasteiger partial charge in [0.15, 0.2) is 0 Å². The molecule has 0 aliphatic carbocycles. The lowest BCUT2D eigenvalue weighted by Crippen LogP contribution is -2.33. The highest BCUT2D eigenvalue weighted by atomic mass is 35.5. The number of nitrogens with zero attached hydrogens (tertiary/aromatic N) is 1. The molecule has 3 rings (SSSR count). The summed E-state index contributed by atoms with van der Waals surface area (Å²) in [4.78, 5) is 25.9. The van der Waals surface area contributed by atoms with Gasteiger partial charge in [-0.2, -0.15) is 0 Å². The molecule has 0 aromatic heterocycles. The minimum Gasteiger partial charge on any atom is -0.375 e. The van der Waals surface area contributed by atoms with Crippen LogP contribution in [0.5, 0.6) is 0 Å². The number of carbonyl (C=O) groups excluding carboxylic acids is 2. The Kier molecular flexibility index (Phi) is 5.33. The molecule has 25 heavy (non-hydrogen) atoms. The molecule has 1 heterocycles. The van der Waals surface area contributed by atoms with Crippen LogP contribution in [0, 0.1) is 0 Å². The Bertz CT molecular complexity index is 863. The Morgan fingerprint density at radius 2 is 1.56 bits per heavy atom. The van der Waals surface area contributed by atoms with Crippen LogP contribution in [0.4, 0.5) is 0 Å². The van der Waals surface area contributed by atoms with Crippen molar-refractivity contribution < 1.29 is 9.59 Å². The third-order valence-electron chi connectivity index (χ3n) is 3.78. The second-order valence-electron chi connectivity index (χ2n) is 5.46. The van der Waals surface area contributed by atoms with E-state index in [1.807, 2.05) is 18.2 Å². The van der Waals surface area contributed by atoms with E-state index < -0.39 is 11.8 Å². The van der Waals surface area contributed by atoms with Crippen molar-refractivity contribution >= 4 is 46.6 Å². The summed E-state index contributed by atoms with van der Waals surface area (Å²) in [7, 11) is 0. The summed E-state index contributed by atoms with van der Waals surface area (Å²) in [5.41, 5.74) is 1.67. The molecule has 4 nitrogen and oxygen atoms in total. The van der Waals surface area contributed by atoms with E-state index in [-0.39, 0.29) is 17.3 Å². The Hall–Kier alpha value is -2.01. The summed E-state index contributed by atoms with van der Waals surface area (Å²) in [6, 6.07) is 14.2. The zero-order valence-electron chi connectivity index (χ0n) is 12.9. The van der Waals surface area contributed by atoms with Gasteiger partial charge in [-0.25, -0.2) is 0 Å². The maximum Gasteiger partial charge on any atom is 0.278 e. The molecule has 0 fully saturated rings. The van der Waals surface area contributed by atoms with Crippen molar-refractivity contribution in [3.05, 3.63) is 80.4 Å². The number of nitrogens with one attached hydrogen (secondary N) is 1. The van der Waals surface area contributed by atoms with Gasteiger partial charge in [-0.05, 0) is 29.3 Å². The Morgan fingerprint density at radius 3 is 2.24 bits per heavy atom. The van der Waals surface area contributed by atoms with Crippen molar-refractivity contribution in [1.29, 1.82) is 0 Å². The van der Waals surface area contributed by atoms with Gasteiger partial charge >= 0.3 is 0 Å². The molecule has 128 valence electrons. The smallest absolute Gasteiger partial charge is 0.278 e. The first kappa shape index (κ1) is 17.8. The van der Waals surface area contributed by atoms with Crippen LogP contribution in [-0.2, 0) is 22.7 Å². The van der Waals surface area contributed by atoms with Crippen molar-refractivity contribution in [3.8, 4) is 0 Å². The Balaban J connectivity index is 1.73.